The fourth-order valence-corrected chi connectivity index (χ4v) is 4.69. The van der Waals surface area contributed by atoms with Crippen LogP contribution in [0.15, 0.2) is 54.9 Å². The van der Waals surface area contributed by atoms with Gasteiger partial charge in [0.15, 0.2) is 0 Å². The van der Waals surface area contributed by atoms with Crippen LogP contribution in [-0.2, 0) is 20.9 Å². The van der Waals surface area contributed by atoms with E-state index < -0.39 is 23.7 Å². The lowest BCUT2D eigenvalue weighted by atomic mass is 9.93. The maximum absolute atomic E-state index is 13.0. The van der Waals surface area contributed by atoms with Gasteiger partial charge >= 0.3 is 12.1 Å². The summed E-state index contributed by atoms with van der Waals surface area (Å²) in [5.41, 5.74) is 7.87. The first-order chi connectivity index (χ1) is 19.6. The highest BCUT2D eigenvalue weighted by Crippen LogP contribution is 2.31. The maximum Gasteiger partial charge on any atom is 0.408 e. The normalized spacial score (nSPS) is 14.7. The van der Waals surface area contributed by atoms with Crippen molar-refractivity contribution in [1.29, 1.82) is 0 Å². The minimum atomic E-state index is -1.00. The number of carbonyl (C=O) groups is 2. The van der Waals surface area contributed by atoms with Crippen molar-refractivity contribution in [2.75, 3.05) is 35.6 Å². The monoisotopic (exact) mass is 561 g/mol. The van der Waals surface area contributed by atoms with Crippen LogP contribution in [0.25, 0.3) is 0 Å². The lowest BCUT2D eigenvalue weighted by Gasteiger charge is -2.33. The molecule has 1 fully saturated rings. The molecule has 3 aromatic rings. The molecule has 0 spiro atoms. The van der Waals surface area contributed by atoms with E-state index >= 15 is 0 Å². The third-order valence-corrected chi connectivity index (χ3v) is 6.73. The number of hydrogen-bond acceptors (Lipinski definition) is 10. The van der Waals surface area contributed by atoms with Gasteiger partial charge in [-0.25, -0.2) is 24.5 Å². The highest BCUT2D eigenvalue weighted by atomic mass is 16.6. The molecule has 218 valence electrons. The van der Waals surface area contributed by atoms with Gasteiger partial charge in [0.05, 0.1) is 0 Å². The highest BCUT2D eigenvalue weighted by Gasteiger charge is 2.28. The van der Waals surface area contributed by atoms with E-state index in [0.29, 0.717) is 17.6 Å². The Hall–Kier alpha value is -4.41. The second-order valence-corrected chi connectivity index (χ2v) is 11.1. The number of carbonyl (C=O) groups excluding carboxylic acids is 2. The first-order valence-corrected chi connectivity index (χ1v) is 13.8. The molecule has 3 heterocycles. The van der Waals surface area contributed by atoms with Crippen LogP contribution in [0.1, 0.15) is 56.4 Å². The van der Waals surface area contributed by atoms with Crippen LogP contribution in [0.2, 0.25) is 0 Å². The molecule has 0 bridgehead atoms. The van der Waals surface area contributed by atoms with Crippen LogP contribution in [0.3, 0.4) is 0 Å². The van der Waals surface area contributed by atoms with E-state index in [0.717, 1.165) is 48.6 Å². The number of piperidine rings is 1. The molecule has 0 saturated carbocycles. The second-order valence-electron chi connectivity index (χ2n) is 11.1. The first-order valence-electron chi connectivity index (χ1n) is 13.8. The molecule has 0 unspecified atom stereocenters. The molecule has 1 saturated heterocycles. The molecule has 0 aliphatic carbocycles. The van der Waals surface area contributed by atoms with Gasteiger partial charge in [-0.3, -0.25) is 0 Å². The molecule has 41 heavy (non-hydrogen) atoms. The summed E-state index contributed by atoms with van der Waals surface area (Å²) in [6, 6.07) is 14.1. The molecular formula is C30H39N7O4. The Kier molecular flexibility index (Phi) is 9.59. The zero-order valence-corrected chi connectivity index (χ0v) is 24.1. The number of alkyl carbamates (subject to hydrolysis) is 1. The number of rotatable bonds is 9. The summed E-state index contributed by atoms with van der Waals surface area (Å²) in [6.45, 7) is 9.02. The fraction of sp³-hybridized carbons (Fsp3) is 0.433. The Morgan fingerprint density at radius 2 is 1.80 bits per heavy atom. The number of amides is 1. The fourth-order valence-electron chi connectivity index (χ4n) is 4.69. The summed E-state index contributed by atoms with van der Waals surface area (Å²) in [6.07, 6.45) is 2.64. The van der Waals surface area contributed by atoms with Gasteiger partial charge in [0.25, 0.3) is 0 Å². The number of hydrogen-bond donors (Lipinski definition) is 3. The van der Waals surface area contributed by atoms with Crippen molar-refractivity contribution in [3.8, 4) is 0 Å². The molecule has 1 aliphatic rings. The number of anilines is 3. The van der Waals surface area contributed by atoms with E-state index in [1.165, 1.54) is 6.33 Å². The first kappa shape index (κ1) is 29.6. The standard InChI is InChI=1S/C30H39N7O4/c1-20-26(33-19-34-27(20)37-15-13-22(14-16-37)23-11-8-12-25(31)35-23)32-17-24(28(38)41-30(2,3)4)36-29(39)40-18-21-9-6-5-7-10-21/h5-12,19,22,24H,13-18H2,1-4H3,(H2,31,35)(H,36,39)(H,32,33,34)/t24-/m0/s1. The van der Waals surface area contributed by atoms with Gasteiger partial charge in [-0.05, 0) is 58.2 Å². The van der Waals surface area contributed by atoms with Gasteiger partial charge in [0, 0.05) is 36.8 Å². The largest absolute Gasteiger partial charge is 0.458 e. The molecule has 1 aromatic carbocycles. The number of nitrogens with zero attached hydrogens (tertiary/aromatic N) is 4. The third kappa shape index (κ3) is 8.54. The topological polar surface area (TPSA) is 145 Å². The molecule has 0 radical (unpaired) electrons. The number of pyridine rings is 1. The summed E-state index contributed by atoms with van der Waals surface area (Å²) in [7, 11) is 0. The lowest BCUT2D eigenvalue weighted by molar-refractivity contribution is -0.156. The second kappa shape index (κ2) is 13.3. The predicted octanol–water partition coefficient (Wildman–Crippen LogP) is 4.19. The zero-order chi connectivity index (χ0) is 29.4. The molecule has 1 atom stereocenters. The average molecular weight is 562 g/mol. The number of nitrogens with one attached hydrogen (secondary N) is 2. The summed E-state index contributed by atoms with van der Waals surface area (Å²) >= 11 is 0. The Labute approximate surface area is 240 Å². The van der Waals surface area contributed by atoms with E-state index in [-0.39, 0.29) is 13.2 Å². The molecule has 4 rings (SSSR count). The number of ether oxygens (including phenoxy) is 2. The minimum absolute atomic E-state index is 0.0514. The molecular weight excluding hydrogens is 522 g/mol. The number of nitrogen functional groups attached to an aromatic ring is 1. The van der Waals surface area contributed by atoms with Crippen LogP contribution in [0.4, 0.5) is 22.2 Å². The summed E-state index contributed by atoms with van der Waals surface area (Å²) in [4.78, 5) is 41.2. The minimum Gasteiger partial charge on any atom is -0.458 e. The van der Waals surface area contributed by atoms with Crippen LogP contribution < -0.4 is 21.3 Å². The van der Waals surface area contributed by atoms with Crippen molar-refractivity contribution >= 4 is 29.5 Å². The Balaban J connectivity index is 1.39. The van der Waals surface area contributed by atoms with E-state index in [2.05, 4.69) is 30.5 Å². The summed E-state index contributed by atoms with van der Waals surface area (Å²) in [5, 5.41) is 5.84. The van der Waals surface area contributed by atoms with Crippen molar-refractivity contribution in [2.45, 2.75) is 64.7 Å². The number of benzene rings is 1. The third-order valence-electron chi connectivity index (χ3n) is 6.73. The number of aromatic nitrogens is 3. The lowest BCUT2D eigenvalue weighted by Crippen LogP contribution is -2.48. The van der Waals surface area contributed by atoms with Crippen LogP contribution >= 0.6 is 0 Å². The maximum atomic E-state index is 13.0. The molecule has 1 aliphatic heterocycles. The Bertz CT molecular complexity index is 1320. The van der Waals surface area contributed by atoms with E-state index in [1.807, 2.05) is 49.4 Å². The summed E-state index contributed by atoms with van der Waals surface area (Å²) in [5.74, 6) is 1.70. The molecule has 11 nitrogen and oxygen atoms in total. The van der Waals surface area contributed by atoms with Gasteiger partial charge in [-0.15, -0.1) is 0 Å². The molecule has 4 N–H and O–H groups in total. The predicted molar refractivity (Wildman–Crippen MR) is 157 cm³/mol. The SMILES string of the molecule is Cc1c(NC[C@H](NC(=O)OCc2ccccc2)C(=O)OC(C)(C)C)ncnc1N1CCC(c2cccc(N)n2)CC1. The van der Waals surface area contributed by atoms with Gasteiger partial charge in [0.1, 0.15) is 42.0 Å². The van der Waals surface area contributed by atoms with E-state index in [4.69, 9.17) is 15.2 Å². The number of nitrogens with two attached hydrogens (primary N) is 1. The van der Waals surface area contributed by atoms with Crippen LogP contribution in [0.5, 0.6) is 0 Å². The molecule has 2 aromatic heterocycles. The van der Waals surface area contributed by atoms with Gasteiger partial charge in [-0.2, -0.15) is 0 Å². The smallest absolute Gasteiger partial charge is 0.408 e. The van der Waals surface area contributed by atoms with Crippen molar-refractivity contribution in [3.63, 3.8) is 0 Å². The average Bonchev–Trinajstić information content (AvgIpc) is 2.94. The van der Waals surface area contributed by atoms with Gasteiger partial charge < -0.3 is 30.7 Å². The van der Waals surface area contributed by atoms with Gasteiger partial charge in [-0.1, -0.05) is 36.4 Å². The van der Waals surface area contributed by atoms with Crippen LogP contribution in [-0.4, -0.2) is 58.3 Å². The van der Waals surface area contributed by atoms with Crippen molar-refractivity contribution in [2.24, 2.45) is 0 Å². The summed E-state index contributed by atoms with van der Waals surface area (Å²) < 4.78 is 10.9. The van der Waals surface area contributed by atoms with Crippen molar-refractivity contribution < 1.29 is 19.1 Å². The quantitative estimate of drug-likeness (QED) is 0.325. The van der Waals surface area contributed by atoms with Crippen molar-refractivity contribution in [1.82, 2.24) is 20.3 Å². The number of esters is 1. The Morgan fingerprint density at radius 1 is 1.07 bits per heavy atom. The van der Waals surface area contributed by atoms with E-state index in [9.17, 15) is 9.59 Å². The highest BCUT2D eigenvalue weighted by molar-refractivity contribution is 5.82. The van der Waals surface area contributed by atoms with Crippen molar-refractivity contribution in [3.05, 3.63) is 71.7 Å². The molecule has 1 amide bonds. The molecule has 11 heteroatoms. The van der Waals surface area contributed by atoms with Gasteiger partial charge in [0.2, 0.25) is 0 Å². The zero-order valence-electron chi connectivity index (χ0n) is 24.1. The van der Waals surface area contributed by atoms with Crippen LogP contribution in [0, 0.1) is 6.92 Å². The Morgan fingerprint density at radius 3 is 2.49 bits per heavy atom. The van der Waals surface area contributed by atoms with E-state index in [1.54, 1.807) is 26.8 Å².